The van der Waals surface area contributed by atoms with Crippen molar-refractivity contribution in [2.24, 2.45) is 0 Å². The molecule has 0 saturated heterocycles. The Kier molecular flexibility index (Phi) is 3.52. The fourth-order valence-electron chi connectivity index (χ4n) is 0.520. The minimum atomic E-state index is 1.07. The number of rotatable bonds is 3. The minimum Gasteiger partial charge on any atom is -0.378 e. The smallest absolute Gasteiger partial charge is 0.0354 e. The molecule has 0 aliphatic carbocycles. The highest BCUT2D eigenvalue weighted by Crippen LogP contribution is 1.97. The zero-order valence-corrected chi connectivity index (χ0v) is 6.09. The summed E-state index contributed by atoms with van der Waals surface area (Å²) in [7, 11) is 3.94. The van der Waals surface area contributed by atoms with Crippen molar-refractivity contribution in [1.29, 1.82) is 0 Å². The summed E-state index contributed by atoms with van der Waals surface area (Å²) >= 11 is 0. The van der Waals surface area contributed by atoms with Gasteiger partial charge in [0.25, 0.3) is 0 Å². The molecule has 0 saturated carbocycles. The number of nitrogens with zero attached hydrogens (tertiary/aromatic N) is 1. The van der Waals surface area contributed by atoms with Crippen molar-refractivity contribution in [3.63, 3.8) is 0 Å². The van der Waals surface area contributed by atoms with Gasteiger partial charge in [-0.05, 0) is 12.2 Å². The molecule has 0 heterocycles. The van der Waals surface area contributed by atoms with Gasteiger partial charge in [0.05, 0.1) is 0 Å². The van der Waals surface area contributed by atoms with E-state index in [0.29, 0.717) is 0 Å². The van der Waals surface area contributed by atoms with Crippen LogP contribution >= 0.6 is 0 Å². The van der Waals surface area contributed by atoms with Crippen LogP contribution in [0.15, 0.2) is 37.1 Å². The highest BCUT2D eigenvalue weighted by atomic mass is 15.1. The molecule has 0 aromatic carbocycles. The van der Waals surface area contributed by atoms with Gasteiger partial charge in [-0.15, -0.1) is 0 Å². The average molecular weight is 123 g/mol. The second-order valence-electron chi connectivity index (χ2n) is 1.93. The first-order chi connectivity index (χ1) is 4.22. The maximum atomic E-state index is 3.64. The predicted octanol–water partition coefficient (Wildman–Crippen LogP) is 1.80. The van der Waals surface area contributed by atoms with Crippen LogP contribution in [0.1, 0.15) is 0 Å². The Morgan fingerprint density at radius 1 is 1.33 bits per heavy atom. The quantitative estimate of drug-likeness (QED) is 0.517. The van der Waals surface area contributed by atoms with E-state index in [1.165, 1.54) is 0 Å². The summed E-state index contributed by atoms with van der Waals surface area (Å²) in [6.07, 6.45) is 5.45. The second-order valence-corrected chi connectivity index (χ2v) is 1.93. The van der Waals surface area contributed by atoms with Gasteiger partial charge in [-0.1, -0.05) is 19.2 Å². The van der Waals surface area contributed by atoms with Crippen molar-refractivity contribution in [3.8, 4) is 0 Å². The van der Waals surface area contributed by atoms with Gasteiger partial charge in [0.2, 0.25) is 0 Å². The van der Waals surface area contributed by atoms with Gasteiger partial charge < -0.3 is 4.90 Å². The number of likely N-dealkylation sites (N-methyl/N-ethyl adjacent to an activating group) is 1. The highest BCUT2D eigenvalue weighted by Gasteiger charge is 1.87. The van der Waals surface area contributed by atoms with E-state index in [4.69, 9.17) is 0 Å². The first-order valence-electron chi connectivity index (χ1n) is 2.85. The van der Waals surface area contributed by atoms with Crippen molar-refractivity contribution in [2.45, 2.75) is 0 Å². The van der Waals surface area contributed by atoms with E-state index in [9.17, 15) is 0 Å². The lowest BCUT2D eigenvalue weighted by molar-refractivity contribution is 0.530. The fourth-order valence-corrected chi connectivity index (χ4v) is 0.520. The van der Waals surface area contributed by atoms with Gasteiger partial charge in [-0.2, -0.15) is 0 Å². The molecule has 0 unspecified atom stereocenters. The fraction of sp³-hybridized carbons (Fsp3) is 0.250. The molecule has 0 amide bonds. The Hall–Kier alpha value is -0.980. The monoisotopic (exact) mass is 123 g/mol. The molecule has 0 bridgehead atoms. The highest BCUT2D eigenvalue weighted by molar-refractivity contribution is 5.18. The molecule has 0 radical (unpaired) electrons. The van der Waals surface area contributed by atoms with Crippen molar-refractivity contribution in [3.05, 3.63) is 37.1 Å². The van der Waals surface area contributed by atoms with Crippen LogP contribution in [0.2, 0.25) is 0 Å². The molecule has 0 aliphatic heterocycles. The van der Waals surface area contributed by atoms with Crippen LogP contribution < -0.4 is 0 Å². The van der Waals surface area contributed by atoms with Crippen molar-refractivity contribution < 1.29 is 0 Å². The van der Waals surface area contributed by atoms with E-state index in [2.05, 4.69) is 13.2 Å². The van der Waals surface area contributed by atoms with E-state index in [1.54, 1.807) is 12.2 Å². The lowest BCUT2D eigenvalue weighted by Gasteiger charge is -2.11. The molecular weight excluding hydrogens is 110 g/mol. The summed E-state index contributed by atoms with van der Waals surface area (Å²) in [6, 6.07) is 0. The normalized spacial score (nSPS) is 10.7. The Bertz CT molecular complexity index is 132. The third-order valence-electron chi connectivity index (χ3n) is 1.01. The van der Waals surface area contributed by atoms with E-state index in [-0.39, 0.29) is 0 Å². The molecule has 50 valence electrons. The van der Waals surface area contributed by atoms with Crippen LogP contribution in [0.3, 0.4) is 0 Å². The molecule has 0 aromatic heterocycles. The summed E-state index contributed by atoms with van der Waals surface area (Å²) in [5, 5.41) is 0. The largest absolute Gasteiger partial charge is 0.378 e. The molecule has 1 heteroatoms. The molecule has 1 nitrogen and oxygen atoms in total. The molecule has 0 aromatic rings. The Balaban J connectivity index is 4.13. The van der Waals surface area contributed by atoms with Crippen molar-refractivity contribution in [2.75, 3.05) is 14.1 Å². The Morgan fingerprint density at radius 3 is 2.00 bits per heavy atom. The van der Waals surface area contributed by atoms with Crippen molar-refractivity contribution in [1.82, 2.24) is 4.90 Å². The van der Waals surface area contributed by atoms with Crippen LogP contribution in [0, 0.1) is 0 Å². The first-order valence-corrected chi connectivity index (χ1v) is 2.85. The second kappa shape index (κ2) is 3.96. The van der Waals surface area contributed by atoms with Gasteiger partial charge in [0, 0.05) is 19.8 Å². The SMILES string of the molecule is C=CC=C(C=C)N(C)C. The average Bonchev–Trinajstić information content (AvgIpc) is 1.82. The molecule has 0 aliphatic rings. The number of hydrogen-bond donors (Lipinski definition) is 0. The van der Waals surface area contributed by atoms with Crippen LogP contribution in [0.5, 0.6) is 0 Å². The van der Waals surface area contributed by atoms with Gasteiger partial charge in [-0.3, -0.25) is 0 Å². The van der Waals surface area contributed by atoms with Crippen LogP contribution in [0.4, 0.5) is 0 Å². The maximum absolute atomic E-state index is 3.64. The zero-order chi connectivity index (χ0) is 7.28. The molecule has 0 N–H and O–H groups in total. The molecule has 9 heavy (non-hydrogen) atoms. The predicted molar refractivity (Wildman–Crippen MR) is 42.2 cm³/mol. The Morgan fingerprint density at radius 2 is 1.89 bits per heavy atom. The van der Waals surface area contributed by atoms with Crippen LogP contribution in [-0.2, 0) is 0 Å². The molecule has 0 spiro atoms. The van der Waals surface area contributed by atoms with Crippen LogP contribution in [0.25, 0.3) is 0 Å². The number of hydrogen-bond acceptors (Lipinski definition) is 1. The van der Waals surface area contributed by atoms with Gasteiger partial charge in [0.1, 0.15) is 0 Å². The first kappa shape index (κ1) is 8.02. The standard InChI is InChI=1S/C8H13N/c1-5-7-8(6-2)9(3)4/h5-7H,1-2H2,3-4H3. The lowest BCUT2D eigenvalue weighted by atomic mass is 10.3. The lowest BCUT2D eigenvalue weighted by Crippen LogP contribution is -2.08. The topological polar surface area (TPSA) is 3.24 Å². The molecule has 0 fully saturated rings. The molecule has 0 atom stereocenters. The summed E-state index contributed by atoms with van der Waals surface area (Å²) in [4.78, 5) is 1.98. The molecule has 0 rings (SSSR count). The van der Waals surface area contributed by atoms with E-state index in [0.717, 1.165) is 5.70 Å². The van der Waals surface area contributed by atoms with Gasteiger partial charge in [-0.25, -0.2) is 0 Å². The van der Waals surface area contributed by atoms with E-state index < -0.39 is 0 Å². The third-order valence-corrected chi connectivity index (χ3v) is 1.01. The molecular formula is C8H13N. The summed E-state index contributed by atoms with van der Waals surface area (Å²) in [6.45, 7) is 7.22. The van der Waals surface area contributed by atoms with Gasteiger partial charge in [0.15, 0.2) is 0 Å². The summed E-state index contributed by atoms with van der Waals surface area (Å²) < 4.78 is 0. The zero-order valence-electron chi connectivity index (χ0n) is 6.09. The summed E-state index contributed by atoms with van der Waals surface area (Å²) in [5.41, 5.74) is 1.07. The van der Waals surface area contributed by atoms with Gasteiger partial charge >= 0.3 is 0 Å². The van der Waals surface area contributed by atoms with E-state index in [1.807, 2.05) is 25.1 Å². The van der Waals surface area contributed by atoms with E-state index >= 15 is 0 Å². The summed E-state index contributed by atoms with van der Waals surface area (Å²) in [5.74, 6) is 0. The number of allylic oxidation sites excluding steroid dienone is 3. The van der Waals surface area contributed by atoms with Crippen LogP contribution in [-0.4, -0.2) is 19.0 Å². The third kappa shape index (κ3) is 2.75. The minimum absolute atomic E-state index is 1.07. The maximum Gasteiger partial charge on any atom is 0.0354 e. The van der Waals surface area contributed by atoms with Crippen molar-refractivity contribution >= 4 is 0 Å². The Labute approximate surface area is 57.0 Å².